The summed E-state index contributed by atoms with van der Waals surface area (Å²) in [6.45, 7) is 1.41. The van der Waals surface area contributed by atoms with Gasteiger partial charge >= 0.3 is 0 Å². The molecule has 0 bridgehead atoms. The van der Waals surface area contributed by atoms with Crippen molar-refractivity contribution >= 4 is 5.71 Å². The van der Waals surface area contributed by atoms with E-state index in [1.165, 1.54) is 17.7 Å². The first-order chi connectivity index (χ1) is 17.5. The summed E-state index contributed by atoms with van der Waals surface area (Å²) >= 11 is 0. The number of nitrogens with zero attached hydrogens (tertiary/aromatic N) is 3. The van der Waals surface area contributed by atoms with Gasteiger partial charge in [-0.3, -0.25) is 9.88 Å². The number of alkyl halides is 1. The normalized spacial score (nSPS) is 17.4. The van der Waals surface area contributed by atoms with Crippen molar-refractivity contribution in [1.82, 2.24) is 9.88 Å². The molecule has 36 heavy (non-hydrogen) atoms. The fourth-order valence-electron chi connectivity index (χ4n) is 4.86. The summed E-state index contributed by atoms with van der Waals surface area (Å²) in [6, 6.07) is 9.77. The fourth-order valence-corrected chi connectivity index (χ4v) is 4.86. The number of rotatable bonds is 7. The van der Waals surface area contributed by atoms with Crippen LogP contribution in [0.2, 0.25) is 0 Å². The molecule has 1 saturated heterocycles. The number of likely N-dealkylation sites (tertiary alicyclic amines) is 1. The van der Waals surface area contributed by atoms with Crippen molar-refractivity contribution in [3.05, 3.63) is 100 Å². The van der Waals surface area contributed by atoms with Gasteiger partial charge in [-0.15, -0.1) is 0 Å². The molecule has 3 aromatic rings. The number of fused-ring (bicyclic) bond motifs is 2. The lowest BCUT2D eigenvalue weighted by Gasteiger charge is -2.39. The lowest BCUT2D eigenvalue weighted by molar-refractivity contribution is -0.0801. The number of hydrogen-bond acceptors (Lipinski definition) is 5. The number of piperidine rings is 1. The Balaban J connectivity index is 1.31. The Morgan fingerprint density at radius 2 is 1.75 bits per heavy atom. The van der Waals surface area contributed by atoms with Crippen molar-refractivity contribution in [2.75, 3.05) is 26.4 Å². The van der Waals surface area contributed by atoms with Gasteiger partial charge in [0.1, 0.15) is 24.8 Å². The lowest BCUT2D eigenvalue weighted by Crippen LogP contribution is -2.42. The molecular weight excluding hydrogens is 474 g/mol. The first-order valence-corrected chi connectivity index (χ1v) is 11.8. The summed E-state index contributed by atoms with van der Waals surface area (Å²) in [5.41, 5.74) is 3.08. The third kappa shape index (κ3) is 4.85. The second-order valence-electron chi connectivity index (χ2n) is 8.99. The predicted molar refractivity (Wildman–Crippen MR) is 126 cm³/mol. The number of benzene rings is 2. The van der Waals surface area contributed by atoms with Crippen molar-refractivity contribution in [2.24, 2.45) is 5.16 Å². The highest BCUT2D eigenvalue weighted by molar-refractivity contribution is 6.12. The summed E-state index contributed by atoms with van der Waals surface area (Å²) < 4.78 is 61.1. The molecule has 2 aromatic carbocycles. The zero-order valence-corrected chi connectivity index (χ0v) is 19.5. The Hall–Kier alpha value is -3.30. The van der Waals surface area contributed by atoms with E-state index >= 15 is 4.39 Å². The number of halogens is 4. The summed E-state index contributed by atoms with van der Waals surface area (Å²) in [5.74, 6) is -2.55. The Labute approximate surface area is 206 Å². The smallest absolute Gasteiger partial charge is 0.159 e. The monoisotopic (exact) mass is 499 g/mol. The van der Waals surface area contributed by atoms with Gasteiger partial charge in [0.2, 0.25) is 0 Å². The molecule has 0 atom stereocenters. The van der Waals surface area contributed by atoms with Crippen LogP contribution in [-0.4, -0.2) is 42.0 Å². The van der Waals surface area contributed by atoms with Gasteiger partial charge in [0.05, 0.1) is 12.2 Å². The Kier molecular flexibility index (Phi) is 7.02. The van der Waals surface area contributed by atoms with E-state index in [0.717, 1.165) is 43.6 Å². The van der Waals surface area contributed by atoms with E-state index in [9.17, 15) is 13.2 Å². The third-order valence-electron chi connectivity index (χ3n) is 6.81. The molecule has 3 heterocycles. The maximum atomic E-state index is 15.2. The van der Waals surface area contributed by atoms with E-state index in [4.69, 9.17) is 9.57 Å². The van der Waals surface area contributed by atoms with E-state index < -0.39 is 24.1 Å². The lowest BCUT2D eigenvalue weighted by atomic mass is 9.84. The highest BCUT2D eigenvalue weighted by Gasteiger charge is 2.42. The molecule has 0 N–H and O–H groups in total. The van der Waals surface area contributed by atoms with Crippen LogP contribution in [0.3, 0.4) is 0 Å². The summed E-state index contributed by atoms with van der Waals surface area (Å²) in [6.07, 6.45) is 5.26. The molecule has 0 radical (unpaired) electrons. The van der Waals surface area contributed by atoms with E-state index in [1.54, 1.807) is 18.3 Å². The Morgan fingerprint density at radius 3 is 2.47 bits per heavy atom. The van der Waals surface area contributed by atoms with E-state index in [1.807, 2.05) is 12.3 Å². The van der Waals surface area contributed by atoms with Crippen molar-refractivity contribution in [3.8, 4) is 0 Å². The van der Waals surface area contributed by atoms with E-state index in [0.29, 0.717) is 24.3 Å². The average molecular weight is 500 g/mol. The third-order valence-corrected chi connectivity index (χ3v) is 6.81. The number of oxime groups is 1. The quantitative estimate of drug-likeness (QED) is 0.193. The van der Waals surface area contributed by atoms with Gasteiger partial charge in [-0.05, 0) is 48.7 Å². The van der Waals surface area contributed by atoms with Crippen molar-refractivity contribution < 1.29 is 27.1 Å². The summed E-state index contributed by atoms with van der Waals surface area (Å²) in [7, 11) is 0. The average Bonchev–Trinajstić information content (AvgIpc) is 3.24. The largest absolute Gasteiger partial charge is 0.392 e. The minimum Gasteiger partial charge on any atom is -0.392 e. The van der Waals surface area contributed by atoms with Crippen LogP contribution in [0, 0.1) is 17.5 Å². The highest BCUT2D eigenvalue weighted by Crippen LogP contribution is 2.43. The van der Waals surface area contributed by atoms with Crippen LogP contribution in [-0.2, 0) is 28.3 Å². The number of hydrogen-bond donors (Lipinski definition) is 0. The molecule has 1 spiro atoms. The first kappa shape index (κ1) is 24.4. The van der Waals surface area contributed by atoms with Crippen LogP contribution >= 0.6 is 0 Å². The molecule has 0 unspecified atom stereocenters. The first-order valence-electron chi connectivity index (χ1n) is 11.8. The Morgan fingerprint density at radius 1 is 1.00 bits per heavy atom. The molecule has 0 saturated carbocycles. The van der Waals surface area contributed by atoms with Crippen LogP contribution in [0.4, 0.5) is 17.6 Å². The van der Waals surface area contributed by atoms with E-state index in [2.05, 4.69) is 15.0 Å². The second kappa shape index (κ2) is 10.4. The summed E-state index contributed by atoms with van der Waals surface area (Å²) in [5, 5.41) is 3.86. The molecule has 188 valence electrons. The Bertz CT molecular complexity index is 1280. The maximum Gasteiger partial charge on any atom is 0.159 e. The van der Waals surface area contributed by atoms with E-state index in [-0.39, 0.29) is 23.5 Å². The van der Waals surface area contributed by atoms with Crippen LogP contribution in [0.5, 0.6) is 0 Å². The molecule has 1 aromatic heterocycles. The van der Waals surface area contributed by atoms with Gasteiger partial charge in [-0.1, -0.05) is 17.3 Å². The van der Waals surface area contributed by atoms with Crippen LogP contribution < -0.4 is 0 Å². The van der Waals surface area contributed by atoms with Crippen molar-refractivity contribution in [3.63, 3.8) is 0 Å². The number of ether oxygens (including phenoxy) is 1. The molecule has 5 nitrogen and oxygen atoms in total. The molecule has 9 heteroatoms. The molecule has 0 aliphatic carbocycles. The molecule has 5 rings (SSSR count). The SMILES string of the molecule is FCCO/N=C(/c1ccc(F)c(F)c1)c1ccc(CN2CCC3(CC2)OCc2ccncc23)c(F)c1. The minimum atomic E-state index is -1.07. The zero-order chi connectivity index (χ0) is 25.1. The molecule has 2 aliphatic heterocycles. The van der Waals surface area contributed by atoms with Crippen molar-refractivity contribution in [1.29, 1.82) is 0 Å². The van der Waals surface area contributed by atoms with Gasteiger partial charge in [0.25, 0.3) is 0 Å². The van der Waals surface area contributed by atoms with Gasteiger partial charge in [0.15, 0.2) is 11.6 Å². The molecular formula is C27H25F4N3O2. The molecule has 0 amide bonds. The maximum absolute atomic E-state index is 15.2. The summed E-state index contributed by atoms with van der Waals surface area (Å²) in [4.78, 5) is 11.4. The number of aromatic nitrogens is 1. The van der Waals surface area contributed by atoms with Gasteiger partial charge in [-0.25, -0.2) is 17.6 Å². The second-order valence-corrected chi connectivity index (χ2v) is 8.99. The van der Waals surface area contributed by atoms with Crippen LogP contribution in [0.25, 0.3) is 0 Å². The number of pyridine rings is 1. The molecule has 2 aliphatic rings. The minimum absolute atomic E-state index is 0.0818. The van der Waals surface area contributed by atoms with Gasteiger partial charge in [-0.2, -0.15) is 0 Å². The van der Waals surface area contributed by atoms with Crippen molar-refractivity contribution in [2.45, 2.75) is 31.6 Å². The van der Waals surface area contributed by atoms with Gasteiger partial charge in [0, 0.05) is 54.3 Å². The van der Waals surface area contributed by atoms with Crippen LogP contribution in [0.15, 0.2) is 60.0 Å². The molecule has 1 fully saturated rings. The fraction of sp³-hybridized carbons (Fsp3) is 0.333. The highest BCUT2D eigenvalue weighted by atomic mass is 19.2. The zero-order valence-electron chi connectivity index (χ0n) is 19.5. The van der Waals surface area contributed by atoms with Gasteiger partial charge < -0.3 is 9.57 Å². The standard InChI is InChI=1S/C27H25F4N3O2/c28-8-12-36-33-26(19-3-4-23(29)25(31)14-19)18-1-2-20(24(30)13-18)16-34-10-6-27(7-11-34)22-15-32-9-5-21(22)17-35-27/h1-5,9,13-15H,6-8,10-12,16-17H2/b33-26+. The predicted octanol–water partition coefficient (Wildman–Crippen LogP) is 5.26. The van der Waals surface area contributed by atoms with Crippen LogP contribution in [0.1, 0.15) is 40.7 Å². The topological polar surface area (TPSA) is 47.0 Å².